The van der Waals surface area contributed by atoms with Crippen molar-refractivity contribution in [1.29, 1.82) is 0 Å². The Bertz CT molecular complexity index is 788. The van der Waals surface area contributed by atoms with Crippen LogP contribution in [0.2, 0.25) is 0 Å². The van der Waals surface area contributed by atoms with Crippen LogP contribution in [0.1, 0.15) is 29.2 Å². The lowest BCUT2D eigenvalue weighted by atomic mass is 9.84. The maximum Gasteiger partial charge on any atom is 0.224 e. The number of hydrogen-bond donors (Lipinski definition) is 1. The van der Waals surface area contributed by atoms with E-state index in [2.05, 4.69) is 15.3 Å². The maximum absolute atomic E-state index is 14.3. The van der Waals surface area contributed by atoms with E-state index in [1.165, 1.54) is 24.7 Å². The molecule has 2 atom stereocenters. The summed E-state index contributed by atoms with van der Waals surface area (Å²) in [4.78, 5) is 32.1. The summed E-state index contributed by atoms with van der Waals surface area (Å²) in [5.41, 5.74) is 0.874. The molecular weight excluding hydrogens is 328 g/mol. The summed E-state index contributed by atoms with van der Waals surface area (Å²) in [5.74, 6) is -3.44. The van der Waals surface area contributed by atoms with Crippen molar-refractivity contribution in [3.63, 3.8) is 0 Å². The number of hydrogen-bond acceptors (Lipinski definition) is 4. The Hall–Kier alpha value is -2.70. The van der Waals surface area contributed by atoms with Gasteiger partial charge in [0.2, 0.25) is 5.91 Å². The molecule has 0 spiro atoms. The number of amides is 1. The lowest BCUT2D eigenvalue weighted by Gasteiger charge is -2.18. The van der Waals surface area contributed by atoms with E-state index in [0.717, 1.165) is 0 Å². The van der Waals surface area contributed by atoms with Gasteiger partial charge >= 0.3 is 0 Å². The van der Waals surface area contributed by atoms with Crippen molar-refractivity contribution in [2.45, 2.75) is 25.7 Å². The van der Waals surface area contributed by atoms with Gasteiger partial charge in [0.1, 0.15) is 23.7 Å². The Balaban J connectivity index is 1.80. The second-order valence-corrected chi connectivity index (χ2v) is 6.22. The summed E-state index contributed by atoms with van der Waals surface area (Å²) in [6, 6.07) is 4.09. The molecular formula is C18H17F2N3O2. The molecule has 0 radical (unpaired) electrons. The van der Waals surface area contributed by atoms with E-state index >= 15 is 0 Å². The van der Waals surface area contributed by atoms with E-state index in [1.807, 2.05) is 0 Å². The molecule has 25 heavy (non-hydrogen) atoms. The SMILES string of the molecule is Cc1cc(F)c([C@@H]2CNC(=O)[C@H]2CC(=O)Cc2ccncn2)c(F)c1. The Morgan fingerprint density at radius 1 is 1.32 bits per heavy atom. The largest absolute Gasteiger partial charge is 0.355 e. The average molecular weight is 345 g/mol. The average Bonchev–Trinajstić information content (AvgIpc) is 2.88. The second-order valence-electron chi connectivity index (χ2n) is 6.22. The van der Waals surface area contributed by atoms with Crippen LogP contribution in [0.3, 0.4) is 0 Å². The van der Waals surface area contributed by atoms with Crippen molar-refractivity contribution in [1.82, 2.24) is 15.3 Å². The minimum Gasteiger partial charge on any atom is -0.355 e. The van der Waals surface area contributed by atoms with Gasteiger partial charge in [-0.05, 0) is 30.7 Å². The molecule has 2 aromatic rings. The highest BCUT2D eigenvalue weighted by atomic mass is 19.1. The molecule has 1 aromatic heterocycles. The number of nitrogens with zero attached hydrogens (tertiary/aromatic N) is 2. The van der Waals surface area contributed by atoms with Crippen LogP contribution < -0.4 is 5.32 Å². The Morgan fingerprint density at radius 2 is 2.04 bits per heavy atom. The fourth-order valence-electron chi connectivity index (χ4n) is 3.21. The maximum atomic E-state index is 14.3. The number of benzene rings is 1. The number of Topliss-reactive ketones (excluding diaryl/α,β-unsaturated/α-hetero) is 1. The molecule has 1 N–H and O–H groups in total. The zero-order valence-corrected chi connectivity index (χ0v) is 13.6. The van der Waals surface area contributed by atoms with Crippen LogP contribution in [0.15, 0.2) is 30.7 Å². The number of ketones is 1. The fraction of sp³-hybridized carbons (Fsp3) is 0.333. The van der Waals surface area contributed by atoms with Gasteiger partial charge in [-0.15, -0.1) is 0 Å². The van der Waals surface area contributed by atoms with Gasteiger partial charge in [0.25, 0.3) is 0 Å². The van der Waals surface area contributed by atoms with E-state index in [4.69, 9.17) is 0 Å². The van der Waals surface area contributed by atoms with Crippen molar-refractivity contribution < 1.29 is 18.4 Å². The van der Waals surface area contributed by atoms with Crippen molar-refractivity contribution in [2.24, 2.45) is 5.92 Å². The van der Waals surface area contributed by atoms with E-state index in [1.54, 1.807) is 13.0 Å². The smallest absolute Gasteiger partial charge is 0.224 e. The molecule has 7 heteroatoms. The van der Waals surface area contributed by atoms with Gasteiger partial charge in [-0.1, -0.05) is 0 Å². The summed E-state index contributed by atoms with van der Waals surface area (Å²) in [7, 11) is 0. The molecule has 1 amide bonds. The normalized spacial score (nSPS) is 19.7. The quantitative estimate of drug-likeness (QED) is 0.901. The number of aromatic nitrogens is 2. The van der Waals surface area contributed by atoms with Gasteiger partial charge in [-0.3, -0.25) is 9.59 Å². The first kappa shape index (κ1) is 17.1. The standard InChI is InChI=1S/C18H17F2N3O2/c1-10-4-15(19)17(16(20)5-10)14-8-22-18(25)13(14)7-12(24)6-11-2-3-21-9-23-11/h2-5,9,13-14H,6-8H2,1H3,(H,22,25)/t13-,14+/m0/s1. The molecule has 0 saturated carbocycles. The van der Waals surface area contributed by atoms with Crippen LogP contribution in [0.5, 0.6) is 0 Å². The molecule has 130 valence electrons. The summed E-state index contributed by atoms with van der Waals surface area (Å²) >= 11 is 0. The number of halogens is 2. The molecule has 0 unspecified atom stereocenters. The predicted molar refractivity (Wildman–Crippen MR) is 85.7 cm³/mol. The van der Waals surface area contributed by atoms with Crippen molar-refractivity contribution in [3.05, 3.63) is 59.2 Å². The summed E-state index contributed by atoms with van der Waals surface area (Å²) in [5, 5.41) is 2.61. The minimum absolute atomic E-state index is 0.0535. The van der Waals surface area contributed by atoms with Gasteiger partial charge in [-0.25, -0.2) is 18.7 Å². The van der Waals surface area contributed by atoms with Crippen LogP contribution in [0.4, 0.5) is 8.78 Å². The highest BCUT2D eigenvalue weighted by Gasteiger charge is 2.39. The van der Waals surface area contributed by atoms with Crippen molar-refractivity contribution >= 4 is 11.7 Å². The van der Waals surface area contributed by atoms with E-state index in [0.29, 0.717) is 11.3 Å². The lowest BCUT2D eigenvalue weighted by Crippen LogP contribution is -2.23. The molecule has 3 rings (SSSR count). The van der Waals surface area contributed by atoms with Gasteiger partial charge < -0.3 is 5.32 Å². The highest BCUT2D eigenvalue weighted by Crippen LogP contribution is 2.35. The van der Waals surface area contributed by atoms with E-state index < -0.39 is 23.5 Å². The third-order valence-corrected chi connectivity index (χ3v) is 4.38. The van der Waals surface area contributed by atoms with Gasteiger partial charge in [0.15, 0.2) is 0 Å². The number of carbonyl (C=O) groups excluding carboxylic acids is 2. The molecule has 1 aromatic carbocycles. The third kappa shape index (κ3) is 3.70. The Labute approximate surface area is 143 Å². The number of rotatable bonds is 5. The molecule has 1 fully saturated rings. The topological polar surface area (TPSA) is 72.0 Å². The molecule has 1 aliphatic rings. The van der Waals surface area contributed by atoms with Crippen molar-refractivity contribution in [3.8, 4) is 0 Å². The predicted octanol–water partition coefficient (Wildman–Crippen LogP) is 2.09. The molecule has 0 aliphatic carbocycles. The minimum atomic E-state index is -0.791. The Kier molecular flexibility index (Phi) is 4.83. The zero-order valence-electron chi connectivity index (χ0n) is 13.6. The monoisotopic (exact) mass is 345 g/mol. The fourth-order valence-corrected chi connectivity index (χ4v) is 3.21. The van der Waals surface area contributed by atoms with E-state index in [-0.39, 0.29) is 36.6 Å². The van der Waals surface area contributed by atoms with Crippen LogP contribution in [0, 0.1) is 24.5 Å². The summed E-state index contributed by atoms with van der Waals surface area (Å²) in [6.07, 6.45) is 2.83. The zero-order chi connectivity index (χ0) is 18.0. The first-order chi connectivity index (χ1) is 12.0. The van der Waals surface area contributed by atoms with Gasteiger partial charge in [0.05, 0.1) is 11.6 Å². The van der Waals surface area contributed by atoms with Crippen LogP contribution in [-0.4, -0.2) is 28.2 Å². The highest BCUT2D eigenvalue weighted by molar-refractivity contribution is 5.89. The number of nitrogens with one attached hydrogen (secondary N) is 1. The first-order valence-corrected chi connectivity index (χ1v) is 7.95. The third-order valence-electron chi connectivity index (χ3n) is 4.38. The second kappa shape index (κ2) is 7.04. The van der Waals surface area contributed by atoms with Crippen LogP contribution in [0.25, 0.3) is 0 Å². The molecule has 2 heterocycles. The van der Waals surface area contributed by atoms with Gasteiger partial charge in [-0.2, -0.15) is 0 Å². The van der Waals surface area contributed by atoms with Crippen LogP contribution in [-0.2, 0) is 16.0 Å². The molecule has 1 aliphatic heterocycles. The first-order valence-electron chi connectivity index (χ1n) is 7.95. The summed E-state index contributed by atoms with van der Waals surface area (Å²) < 4.78 is 28.5. The van der Waals surface area contributed by atoms with Crippen molar-refractivity contribution in [2.75, 3.05) is 6.54 Å². The Morgan fingerprint density at radius 3 is 2.68 bits per heavy atom. The molecule has 1 saturated heterocycles. The number of aryl methyl sites for hydroxylation is 1. The van der Waals surface area contributed by atoms with Gasteiger partial charge in [0, 0.05) is 37.1 Å². The molecule has 5 nitrogen and oxygen atoms in total. The lowest BCUT2D eigenvalue weighted by molar-refractivity contribution is -0.127. The van der Waals surface area contributed by atoms with Crippen LogP contribution >= 0.6 is 0 Å². The van der Waals surface area contributed by atoms with E-state index in [9.17, 15) is 18.4 Å². The summed E-state index contributed by atoms with van der Waals surface area (Å²) in [6.45, 7) is 1.71. The number of carbonyl (C=O) groups is 2. The molecule has 0 bridgehead atoms.